The van der Waals surface area contributed by atoms with Gasteiger partial charge in [0.1, 0.15) is 5.82 Å². The van der Waals surface area contributed by atoms with Crippen LogP contribution in [0.2, 0.25) is 0 Å². The number of imidazole rings is 1. The maximum Gasteiger partial charge on any atom is 0.231 e. The molecule has 186 valence electrons. The van der Waals surface area contributed by atoms with Crippen molar-refractivity contribution in [1.82, 2.24) is 14.5 Å². The summed E-state index contributed by atoms with van der Waals surface area (Å²) in [6.07, 6.45) is 4.34. The van der Waals surface area contributed by atoms with Crippen molar-refractivity contribution in [1.29, 1.82) is 0 Å². The zero-order chi connectivity index (χ0) is 24.9. The molecule has 0 bridgehead atoms. The highest BCUT2D eigenvalue weighted by Crippen LogP contribution is 2.33. The lowest BCUT2D eigenvalue weighted by atomic mass is 10.1. The van der Waals surface area contributed by atoms with Crippen molar-refractivity contribution in [2.24, 2.45) is 0 Å². The van der Waals surface area contributed by atoms with Crippen LogP contribution in [0.3, 0.4) is 0 Å². The normalized spacial score (nSPS) is 12.4. The Morgan fingerprint density at radius 2 is 1.58 bits per heavy atom. The summed E-state index contributed by atoms with van der Waals surface area (Å²) < 4.78 is 13.6. The highest BCUT2D eigenvalue weighted by Gasteiger charge is 2.18. The van der Waals surface area contributed by atoms with Gasteiger partial charge in [0.15, 0.2) is 11.5 Å². The molecule has 4 aromatic rings. The summed E-state index contributed by atoms with van der Waals surface area (Å²) in [6, 6.07) is 23.6. The summed E-state index contributed by atoms with van der Waals surface area (Å²) in [7, 11) is 0. The second-order valence-electron chi connectivity index (χ2n) is 9.77. The van der Waals surface area contributed by atoms with E-state index in [1.54, 1.807) is 0 Å². The molecule has 0 atom stereocenters. The second kappa shape index (κ2) is 11.0. The van der Waals surface area contributed by atoms with Crippen LogP contribution < -0.4 is 9.47 Å². The van der Waals surface area contributed by atoms with E-state index >= 15 is 0 Å². The van der Waals surface area contributed by atoms with Gasteiger partial charge in [0.05, 0.1) is 11.9 Å². The fourth-order valence-corrected chi connectivity index (χ4v) is 5.03. The molecule has 0 amide bonds. The van der Waals surface area contributed by atoms with Crippen molar-refractivity contribution >= 4 is 0 Å². The van der Waals surface area contributed by atoms with E-state index in [1.807, 2.05) is 6.07 Å². The van der Waals surface area contributed by atoms with Gasteiger partial charge in [-0.3, -0.25) is 4.90 Å². The highest BCUT2D eigenvalue weighted by atomic mass is 16.7. The summed E-state index contributed by atoms with van der Waals surface area (Å²) >= 11 is 0. The molecule has 1 aliphatic rings. The molecule has 0 radical (unpaired) electrons. The van der Waals surface area contributed by atoms with Crippen molar-refractivity contribution in [2.45, 2.75) is 59.8 Å². The minimum atomic E-state index is 0.296. The van der Waals surface area contributed by atoms with E-state index in [-0.39, 0.29) is 0 Å². The molecule has 0 unspecified atom stereocenters. The van der Waals surface area contributed by atoms with Crippen molar-refractivity contribution in [2.75, 3.05) is 6.79 Å². The number of aryl methyl sites for hydroxylation is 2. The first-order valence-corrected chi connectivity index (χ1v) is 12.9. The molecule has 0 N–H and O–H groups in total. The van der Waals surface area contributed by atoms with Gasteiger partial charge in [-0.1, -0.05) is 79.1 Å². The first-order valence-electron chi connectivity index (χ1n) is 12.9. The summed E-state index contributed by atoms with van der Waals surface area (Å²) in [5.74, 6) is 2.71. The third-order valence-corrected chi connectivity index (χ3v) is 6.62. The summed E-state index contributed by atoms with van der Waals surface area (Å²) in [6.45, 7) is 10.3. The van der Waals surface area contributed by atoms with Gasteiger partial charge in [0.25, 0.3) is 0 Å². The van der Waals surface area contributed by atoms with Crippen molar-refractivity contribution < 1.29 is 9.47 Å². The fourth-order valence-electron chi connectivity index (χ4n) is 5.03. The summed E-state index contributed by atoms with van der Waals surface area (Å²) in [5.41, 5.74) is 7.55. The van der Waals surface area contributed by atoms with E-state index in [0.717, 1.165) is 61.9 Å². The molecule has 0 fully saturated rings. The molecular formula is C31H35N3O2. The predicted molar refractivity (Wildman–Crippen MR) is 144 cm³/mol. The third kappa shape index (κ3) is 5.63. The molecule has 0 aliphatic carbocycles. The lowest BCUT2D eigenvalue weighted by Gasteiger charge is -2.24. The van der Waals surface area contributed by atoms with Crippen LogP contribution in [0.4, 0.5) is 0 Å². The van der Waals surface area contributed by atoms with Gasteiger partial charge in [-0.05, 0) is 43.5 Å². The van der Waals surface area contributed by atoms with Gasteiger partial charge in [-0.15, -0.1) is 0 Å². The lowest BCUT2D eigenvalue weighted by Crippen LogP contribution is -2.24. The average Bonchev–Trinajstić information content (AvgIpc) is 3.49. The molecule has 5 heteroatoms. The zero-order valence-corrected chi connectivity index (χ0v) is 21.5. The van der Waals surface area contributed by atoms with Crippen LogP contribution in [0.15, 0.2) is 72.9 Å². The van der Waals surface area contributed by atoms with E-state index in [2.05, 4.69) is 97.1 Å². The van der Waals surface area contributed by atoms with Crippen LogP contribution >= 0.6 is 0 Å². The highest BCUT2D eigenvalue weighted by molar-refractivity contribution is 5.56. The molecule has 3 aromatic carbocycles. The molecule has 1 aromatic heterocycles. The molecule has 36 heavy (non-hydrogen) atoms. The fraction of sp³-hybridized carbons (Fsp3) is 0.323. The Labute approximate surface area is 214 Å². The Balaban J connectivity index is 1.46. The van der Waals surface area contributed by atoms with Crippen LogP contribution in [0.5, 0.6) is 11.5 Å². The number of rotatable bonds is 10. The monoisotopic (exact) mass is 481 g/mol. The van der Waals surface area contributed by atoms with Gasteiger partial charge in [-0.2, -0.15) is 0 Å². The molecule has 0 saturated carbocycles. The third-order valence-electron chi connectivity index (χ3n) is 6.62. The molecule has 1 aliphatic heterocycles. The molecule has 0 saturated heterocycles. The van der Waals surface area contributed by atoms with E-state index in [0.29, 0.717) is 6.79 Å². The Morgan fingerprint density at radius 1 is 0.833 bits per heavy atom. The van der Waals surface area contributed by atoms with Gasteiger partial charge in [0.2, 0.25) is 6.79 Å². The van der Waals surface area contributed by atoms with Gasteiger partial charge in [-0.25, -0.2) is 4.98 Å². The molecule has 5 rings (SSSR count). The van der Waals surface area contributed by atoms with Crippen molar-refractivity contribution in [3.05, 3.63) is 101 Å². The minimum absolute atomic E-state index is 0.296. The average molecular weight is 482 g/mol. The van der Waals surface area contributed by atoms with Gasteiger partial charge >= 0.3 is 0 Å². The van der Waals surface area contributed by atoms with Crippen LogP contribution in [-0.4, -0.2) is 21.2 Å². The number of ether oxygens (including phenoxy) is 2. The largest absolute Gasteiger partial charge is 0.454 e. The smallest absolute Gasteiger partial charge is 0.231 e. The van der Waals surface area contributed by atoms with Crippen LogP contribution in [-0.2, 0) is 26.2 Å². The van der Waals surface area contributed by atoms with E-state index in [4.69, 9.17) is 14.5 Å². The Hall–Kier alpha value is -3.57. The maximum atomic E-state index is 5.65. The SMILES string of the molecule is CCCCn1c(CN(Cc2cc(C)cc(C)c2)Cc2ccc3c(c2)OCO3)cnc1-c1ccccc1. The number of unbranched alkanes of at least 4 members (excludes halogenated alkanes) is 1. The topological polar surface area (TPSA) is 39.5 Å². The van der Waals surface area contributed by atoms with E-state index in [1.165, 1.54) is 27.9 Å². The van der Waals surface area contributed by atoms with Crippen LogP contribution in [0.1, 0.15) is 47.7 Å². The number of benzene rings is 3. The number of aromatic nitrogens is 2. The quantitative estimate of drug-likeness (QED) is 0.247. The Bertz CT molecular complexity index is 1290. The minimum Gasteiger partial charge on any atom is -0.454 e. The molecule has 0 spiro atoms. The molecule has 2 heterocycles. The van der Waals surface area contributed by atoms with Crippen LogP contribution in [0, 0.1) is 13.8 Å². The first kappa shape index (κ1) is 24.1. The van der Waals surface area contributed by atoms with Gasteiger partial charge < -0.3 is 14.0 Å². The summed E-state index contributed by atoms with van der Waals surface area (Å²) in [5, 5.41) is 0. The van der Waals surface area contributed by atoms with E-state index in [9.17, 15) is 0 Å². The number of nitrogens with zero attached hydrogens (tertiary/aromatic N) is 3. The Kier molecular flexibility index (Phi) is 7.38. The van der Waals surface area contributed by atoms with Gasteiger partial charge in [0, 0.05) is 31.7 Å². The summed E-state index contributed by atoms with van der Waals surface area (Å²) in [4.78, 5) is 7.38. The Morgan fingerprint density at radius 3 is 2.36 bits per heavy atom. The standard InChI is InChI=1S/C31H35N3O2/c1-4-5-13-34-28(18-32-31(34)27-9-7-6-8-10-27)21-33(20-26-15-23(2)14-24(3)16-26)19-25-11-12-29-30(17-25)36-22-35-29/h6-12,14-18H,4-5,13,19-22H2,1-3H3. The lowest BCUT2D eigenvalue weighted by molar-refractivity contribution is 0.174. The maximum absolute atomic E-state index is 5.65. The first-order chi connectivity index (χ1) is 17.6. The van der Waals surface area contributed by atoms with Crippen LogP contribution in [0.25, 0.3) is 11.4 Å². The van der Waals surface area contributed by atoms with E-state index < -0.39 is 0 Å². The molecule has 5 nitrogen and oxygen atoms in total. The van der Waals surface area contributed by atoms with Crippen molar-refractivity contribution in [3.63, 3.8) is 0 Å². The number of fused-ring (bicyclic) bond motifs is 1. The number of hydrogen-bond donors (Lipinski definition) is 0. The van der Waals surface area contributed by atoms with Crippen molar-refractivity contribution in [3.8, 4) is 22.9 Å². The number of hydrogen-bond acceptors (Lipinski definition) is 4. The zero-order valence-electron chi connectivity index (χ0n) is 21.5. The molecular weight excluding hydrogens is 446 g/mol. The predicted octanol–water partition coefficient (Wildman–Crippen LogP) is 6.90. The second-order valence-corrected chi connectivity index (χ2v) is 9.77.